The van der Waals surface area contributed by atoms with Gasteiger partial charge in [-0.2, -0.15) is 20.0 Å². The average Bonchev–Trinajstić information content (AvgIpc) is 2.91. The van der Waals surface area contributed by atoms with Gasteiger partial charge < -0.3 is 4.74 Å². The van der Waals surface area contributed by atoms with Crippen LogP contribution in [-0.2, 0) is 19.2 Å². The Morgan fingerprint density at radius 1 is 0.432 bits per heavy atom. The van der Waals surface area contributed by atoms with Gasteiger partial charge in [0.25, 0.3) is 0 Å². The van der Waals surface area contributed by atoms with E-state index in [0.29, 0.717) is 45.4 Å². The van der Waals surface area contributed by atoms with Crippen LogP contribution in [0, 0.1) is 0 Å². The van der Waals surface area contributed by atoms with Gasteiger partial charge >= 0.3 is 0 Å². The van der Waals surface area contributed by atoms with Crippen LogP contribution in [0.5, 0.6) is 11.5 Å². The molecule has 0 aliphatic carbocycles. The summed E-state index contributed by atoms with van der Waals surface area (Å²) in [7, 11) is 0. The summed E-state index contributed by atoms with van der Waals surface area (Å²) in [5.41, 5.74) is 4.28. The number of aliphatic imine (C=N–C) groups is 4. The first kappa shape index (κ1) is 24.3. The summed E-state index contributed by atoms with van der Waals surface area (Å²) >= 11 is 0. The van der Waals surface area contributed by atoms with Gasteiger partial charge in [0.2, 0.25) is 24.3 Å². The lowest BCUT2D eigenvalue weighted by Crippen LogP contribution is -1.92. The summed E-state index contributed by atoms with van der Waals surface area (Å²) < 4.78 is 6.33. The first-order valence-corrected chi connectivity index (χ1v) is 10.6. The van der Waals surface area contributed by atoms with E-state index in [1.807, 2.05) is 0 Å². The highest BCUT2D eigenvalue weighted by Gasteiger charge is 2.14. The third-order valence-corrected chi connectivity index (χ3v) is 5.21. The van der Waals surface area contributed by atoms with Gasteiger partial charge in [-0.25, -0.2) is 19.2 Å². The number of benzene rings is 4. The number of ether oxygens (including phenoxy) is 1. The normalized spacial score (nSPS) is 9.62. The predicted octanol–water partition coefficient (Wildman–Crippen LogP) is 6.68. The zero-order valence-corrected chi connectivity index (χ0v) is 18.9. The first-order valence-electron chi connectivity index (χ1n) is 10.6. The number of carbonyl (C=O) groups excluding carboxylic acids is 4. The number of isocyanates is 4. The summed E-state index contributed by atoms with van der Waals surface area (Å²) in [5.74, 6) is 0.692. The molecule has 0 amide bonds. The molecule has 0 atom stereocenters. The summed E-state index contributed by atoms with van der Waals surface area (Å²) in [6.45, 7) is 0. The van der Waals surface area contributed by atoms with Crippen LogP contribution in [0.15, 0.2) is 105 Å². The average molecular weight is 486 g/mol. The van der Waals surface area contributed by atoms with Crippen LogP contribution < -0.4 is 4.74 Å². The van der Waals surface area contributed by atoms with Crippen molar-refractivity contribution < 1.29 is 23.9 Å². The molecule has 4 rings (SSSR count). The van der Waals surface area contributed by atoms with Crippen molar-refractivity contribution in [2.75, 3.05) is 0 Å². The molecule has 0 bridgehead atoms. The molecule has 0 radical (unpaired) electrons. The maximum absolute atomic E-state index is 10.9. The molecule has 37 heavy (non-hydrogen) atoms. The molecule has 0 fully saturated rings. The van der Waals surface area contributed by atoms with Crippen LogP contribution in [0.4, 0.5) is 22.7 Å². The van der Waals surface area contributed by atoms with Gasteiger partial charge in [0.05, 0.1) is 22.7 Å². The van der Waals surface area contributed by atoms with Gasteiger partial charge in [0.1, 0.15) is 11.5 Å². The highest BCUT2D eigenvalue weighted by Crippen LogP contribution is 2.41. The second-order valence-electron chi connectivity index (χ2n) is 7.37. The van der Waals surface area contributed by atoms with Gasteiger partial charge in [0.15, 0.2) is 0 Å². The molecule has 0 saturated heterocycles. The molecular weight excluding hydrogens is 472 g/mol. The van der Waals surface area contributed by atoms with E-state index in [4.69, 9.17) is 4.74 Å². The minimum absolute atomic E-state index is 0.315. The number of nitrogens with zero attached hydrogens (tertiary/aromatic N) is 4. The fourth-order valence-electron chi connectivity index (χ4n) is 3.57. The molecule has 9 nitrogen and oxygen atoms in total. The number of hydrogen-bond donors (Lipinski definition) is 0. The molecule has 0 unspecified atom stereocenters. The van der Waals surface area contributed by atoms with Crippen LogP contribution in [0.2, 0.25) is 0 Å². The highest BCUT2D eigenvalue weighted by atomic mass is 16.5. The summed E-state index contributed by atoms with van der Waals surface area (Å²) in [4.78, 5) is 57.4. The Bertz CT molecular complexity index is 1530. The van der Waals surface area contributed by atoms with E-state index in [1.165, 1.54) is 24.3 Å². The van der Waals surface area contributed by atoms with E-state index in [1.54, 1.807) is 84.9 Å². The topological polar surface area (TPSA) is 127 Å². The molecule has 0 aliphatic rings. The Balaban J connectivity index is 1.85. The van der Waals surface area contributed by atoms with E-state index in [-0.39, 0.29) is 0 Å². The zero-order valence-electron chi connectivity index (χ0n) is 18.9. The van der Waals surface area contributed by atoms with Gasteiger partial charge in [0, 0.05) is 23.3 Å². The van der Waals surface area contributed by atoms with Crippen molar-refractivity contribution in [2.24, 2.45) is 20.0 Å². The smallest absolute Gasteiger partial charge is 0.240 e. The van der Waals surface area contributed by atoms with Crippen molar-refractivity contribution in [1.82, 2.24) is 0 Å². The van der Waals surface area contributed by atoms with Crippen molar-refractivity contribution in [3.63, 3.8) is 0 Å². The largest absolute Gasteiger partial charge is 0.456 e. The second kappa shape index (κ2) is 11.6. The monoisotopic (exact) mass is 486 g/mol. The highest BCUT2D eigenvalue weighted by molar-refractivity contribution is 5.78. The Morgan fingerprint density at radius 3 is 1.11 bits per heavy atom. The van der Waals surface area contributed by atoms with E-state index in [9.17, 15) is 19.2 Å². The fraction of sp³-hybridized carbons (Fsp3) is 0. The summed E-state index contributed by atoms with van der Waals surface area (Å²) in [6, 6.07) is 23.4. The molecule has 176 valence electrons. The van der Waals surface area contributed by atoms with Crippen molar-refractivity contribution in [2.45, 2.75) is 0 Å². The van der Waals surface area contributed by atoms with Crippen LogP contribution in [-0.4, -0.2) is 24.3 Å². The van der Waals surface area contributed by atoms with Crippen molar-refractivity contribution >= 4 is 47.1 Å². The minimum Gasteiger partial charge on any atom is -0.456 e. The predicted molar refractivity (Wildman–Crippen MR) is 135 cm³/mol. The molecule has 0 saturated carbocycles. The standard InChI is InChI=1S/C28H14N4O5/c33-15-29-21-5-1-19(2-6-21)25-11-9-23(31-17-35)13-27(25)37-28-14-24(32-18-36)10-12-26(28)20-3-7-22(8-4-20)30-16-34/h1-14H. The number of rotatable bonds is 8. The van der Waals surface area contributed by atoms with E-state index >= 15 is 0 Å². The van der Waals surface area contributed by atoms with Crippen molar-refractivity contribution in [1.29, 1.82) is 0 Å². The molecule has 0 heterocycles. The molecule has 9 heteroatoms. The SMILES string of the molecule is O=C=Nc1ccc(-c2ccc(N=C=O)cc2Oc2cc(N=C=O)ccc2-c2ccc(N=C=O)cc2)cc1. The Labute approximate surface area is 209 Å². The molecule has 0 spiro atoms. The van der Waals surface area contributed by atoms with Gasteiger partial charge in [-0.1, -0.05) is 24.3 Å². The first-order chi connectivity index (χ1) is 18.1. The molecule has 4 aromatic carbocycles. The van der Waals surface area contributed by atoms with Crippen molar-refractivity contribution in [3.05, 3.63) is 84.9 Å². The maximum Gasteiger partial charge on any atom is 0.240 e. The Hall–Kier alpha value is -5.80. The van der Waals surface area contributed by atoms with Crippen molar-refractivity contribution in [3.8, 4) is 33.8 Å². The lowest BCUT2D eigenvalue weighted by Gasteiger charge is -2.16. The minimum atomic E-state index is 0.315. The third kappa shape index (κ3) is 5.83. The zero-order chi connectivity index (χ0) is 26.0. The molecular formula is C28H14N4O5. The number of hydrogen-bond acceptors (Lipinski definition) is 9. The van der Waals surface area contributed by atoms with Crippen LogP contribution in [0.1, 0.15) is 0 Å². The van der Waals surface area contributed by atoms with E-state index in [0.717, 1.165) is 11.1 Å². The summed E-state index contributed by atoms with van der Waals surface area (Å²) in [5, 5.41) is 0. The lowest BCUT2D eigenvalue weighted by molar-refractivity contribution is 0.486. The van der Waals surface area contributed by atoms with Crippen LogP contribution in [0.3, 0.4) is 0 Å². The van der Waals surface area contributed by atoms with Gasteiger partial charge in [-0.3, -0.25) is 0 Å². The Kier molecular flexibility index (Phi) is 7.60. The maximum atomic E-state index is 10.9. The lowest BCUT2D eigenvalue weighted by atomic mass is 10.0. The molecule has 0 aliphatic heterocycles. The summed E-state index contributed by atoms with van der Waals surface area (Å²) in [6.07, 6.45) is 6.02. The third-order valence-electron chi connectivity index (χ3n) is 5.21. The van der Waals surface area contributed by atoms with Gasteiger partial charge in [-0.05, 0) is 59.7 Å². The van der Waals surface area contributed by atoms with E-state index < -0.39 is 0 Å². The van der Waals surface area contributed by atoms with E-state index in [2.05, 4.69) is 20.0 Å². The quantitative estimate of drug-likeness (QED) is 0.203. The fourth-order valence-corrected chi connectivity index (χ4v) is 3.57. The van der Waals surface area contributed by atoms with Gasteiger partial charge in [-0.15, -0.1) is 0 Å². The van der Waals surface area contributed by atoms with Crippen LogP contribution >= 0.6 is 0 Å². The van der Waals surface area contributed by atoms with Crippen LogP contribution in [0.25, 0.3) is 22.3 Å². The second-order valence-corrected chi connectivity index (χ2v) is 7.37. The molecule has 0 aromatic heterocycles. The Morgan fingerprint density at radius 2 is 0.757 bits per heavy atom. The molecule has 0 N–H and O–H groups in total. The molecule has 4 aromatic rings.